The van der Waals surface area contributed by atoms with E-state index < -0.39 is 6.10 Å². The smallest absolute Gasteiger partial charge is 0.235 e. The molecule has 15 heavy (non-hydrogen) atoms. The van der Waals surface area contributed by atoms with E-state index in [0.717, 1.165) is 0 Å². The lowest BCUT2D eigenvalue weighted by Crippen LogP contribution is -2.28. The number of β-amino-alcohol motifs (C(OH)–C–C–N with tert-alkyl or cyclic N) is 1. The van der Waals surface area contributed by atoms with Gasteiger partial charge in [-0.3, -0.25) is 9.69 Å². The molecule has 1 atom stereocenters. The number of carbonyl (C=O) groups is 1. The summed E-state index contributed by atoms with van der Waals surface area (Å²) >= 11 is 0. The molecule has 1 N–H and O–H groups in total. The summed E-state index contributed by atoms with van der Waals surface area (Å²) in [6, 6.07) is 0. The van der Waals surface area contributed by atoms with Gasteiger partial charge in [0, 0.05) is 0 Å². The van der Waals surface area contributed by atoms with E-state index in [1.54, 1.807) is 13.8 Å². The molecule has 0 aromatic carbocycles. The van der Waals surface area contributed by atoms with Crippen molar-refractivity contribution in [1.82, 2.24) is 15.0 Å². The van der Waals surface area contributed by atoms with Gasteiger partial charge in [-0.25, -0.2) is 4.98 Å². The van der Waals surface area contributed by atoms with Crippen LogP contribution in [0.15, 0.2) is 0 Å². The molecule has 0 aliphatic carbocycles. The van der Waals surface area contributed by atoms with Crippen molar-refractivity contribution in [1.29, 1.82) is 0 Å². The van der Waals surface area contributed by atoms with Crippen molar-refractivity contribution in [2.75, 3.05) is 11.4 Å². The first-order valence-electron chi connectivity index (χ1n) is 4.74. The maximum absolute atomic E-state index is 11.5. The van der Waals surface area contributed by atoms with Gasteiger partial charge in [-0.1, -0.05) is 0 Å². The fourth-order valence-corrected chi connectivity index (χ4v) is 1.60. The summed E-state index contributed by atoms with van der Waals surface area (Å²) in [6.07, 6.45) is -0.473. The highest BCUT2D eigenvalue weighted by Gasteiger charge is 2.31. The summed E-state index contributed by atoms with van der Waals surface area (Å²) < 4.78 is 0. The van der Waals surface area contributed by atoms with Crippen LogP contribution in [0.3, 0.4) is 0 Å². The largest absolute Gasteiger partial charge is 0.391 e. The Morgan fingerprint density at radius 2 is 1.87 bits per heavy atom. The lowest BCUT2D eigenvalue weighted by Gasteiger charge is -2.13. The summed E-state index contributed by atoms with van der Waals surface area (Å²) in [5, 5.41) is 9.34. The zero-order valence-corrected chi connectivity index (χ0v) is 8.64. The number of amides is 1. The lowest BCUT2D eigenvalue weighted by molar-refractivity contribution is -0.117. The molecule has 1 aromatic heterocycles. The van der Waals surface area contributed by atoms with Gasteiger partial charge in [0.1, 0.15) is 11.6 Å². The minimum atomic E-state index is -0.616. The Kier molecular flexibility index (Phi) is 2.36. The Balaban J connectivity index is 2.33. The Hall–Kier alpha value is -1.56. The van der Waals surface area contributed by atoms with Crippen LogP contribution < -0.4 is 4.90 Å². The Labute approximate surface area is 87.0 Å². The predicted molar refractivity (Wildman–Crippen MR) is 52.3 cm³/mol. The van der Waals surface area contributed by atoms with Crippen LogP contribution in [0, 0.1) is 13.8 Å². The summed E-state index contributed by atoms with van der Waals surface area (Å²) in [7, 11) is 0. The van der Waals surface area contributed by atoms with E-state index in [9.17, 15) is 9.90 Å². The van der Waals surface area contributed by atoms with Gasteiger partial charge in [-0.05, 0) is 13.8 Å². The molecule has 1 fully saturated rings. The Morgan fingerprint density at radius 1 is 1.27 bits per heavy atom. The van der Waals surface area contributed by atoms with Gasteiger partial charge < -0.3 is 5.11 Å². The molecule has 1 aromatic rings. The third-order valence-corrected chi connectivity index (χ3v) is 2.19. The highest BCUT2D eigenvalue weighted by molar-refractivity contribution is 5.94. The molecule has 1 saturated heterocycles. The molecule has 80 valence electrons. The lowest BCUT2D eigenvalue weighted by atomic mass is 10.3. The van der Waals surface area contributed by atoms with Crippen molar-refractivity contribution >= 4 is 11.9 Å². The summed E-state index contributed by atoms with van der Waals surface area (Å²) in [6.45, 7) is 3.76. The first-order valence-corrected chi connectivity index (χ1v) is 4.74. The molecule has 6 nitrogen and oxygen atoms in total. The molecule has 0 bridgehead atoms. The summed E-state index contributed by atoms with van der Waals surface area (Å²) in [5.74, 6) is 1.34. The van der Waals surface area contributed by atoms with Crippen LogP contribution in [-0.4, -0.2) is 38.6 Å². The molecule has 1 aliphatic heterocycles. The number of nitrogens with zero attached hydrogens (tertiary/aromatic N) is 4. The molecule has 2 heterocycles. The topological polar surface area (TPSA) is 79.2 Å². The van der Waals surface area contributed by atoms with Gasteiger partial charge in [-0.2, -0.15) is 9.97 Å². The van der Waals surface area contributed by atoms with Crippen molar-refractivity contribution in [2.24, 2.45) is 0 Å². The van der Waals surface area contributed by atoms with Crippen molar-refractivity contribution in [3.05, 3.63) is 11.6 Å². The molecule has 1 aliphatic rings. The third kappa shape index (κ3) is 1.94. The maximum atomic E-state index is 11.5. The quantitative estimate of drug-likeness (QED) is 0.678. The number of anilines is 1. The van der Waals surface area contributed by atoms with E-state index in [1.165, 1.54) is 4.90 Å². The second-order valence-corrected chi connectivity index (χ2v) is 3.59. The molecule has 6 heteroatoms. The van der Waals surface area contributed by atoms with E-state index in [4.69, 9.17) is 0 Å². The highest BCUT2D eigenvalue weighted by Crippen LogP contribution is 2.17. The average molecular weight is 208 g/mol. The van der Waals surface area contributed by atoms with Gasteiger partial charge in [-0.15, -0.1) is 0 Å². The summed E-state index contributed by atoms with van der Waals surface area (Å²) in [5.41, 5.74) is 0. The monoisotopic (exact) mass is 208 g/mol. The molecular formula is C9H12N4O2. The van der Waals surface area contributed by atoms with E-state index in [-0.39, 0.29) is 18.9 Å². The van der Waals surface area contributed by atoms with Crippen LogP contribution >= 0.6 is 0 Å². The first kappa shape index (κ1) is 9.97. The molecule has 1 amide bonds. The molecule has 2 rings (SSSR count). The second kappa shape index (κ2) is 3.54. The van der Waals surface area contributed by atoms with Gasteiger partial charge >= 0.3 is 0 Å². The van der Waals surface area contributed by atoms with Gasteiger partial charge in [0.05, 0.1) is 19.1 Å². The van der Waals surface area contributed by atoms with Crippen LogP contribution in [0.1, 0.15) is 18.1 Å². The van der Waals surface area contributed by atoms with Crippen LogP contribution in [0.5, 0.6) is 0 Å². The predicted octanol–water partition coefficient (Wildman–Crippen LogP) is -0.414. The maximum Gasteiger partial charge on any atom is 0.235 e. The molecule has 0 radical (unpaired) electrons. The Morgan fingerprint density at radius 3 is 2.33 bits per heavy atom. The standard InChI is InChI=1S/C9H12N4O2/c1-5-10-6(2)12-9(11-5)13-4-7(14)3-8(13)15/h7,14H,3-4H2,1-2H3. The van der Waals surface area contributed by atoms with Crippen molar-refractivity contribution in [2.45, 2.75) is 26.4 Å². The van der Waals surface area contributed by atoms with Crippen LogP contribution in [0.25, 0.3) is 0 Å². The van der Waals surface area contributed by atoms with Gasteiger partial charge in [0.25, 0.3) is 0 Å². The number of aryl methyl sites for hydroxylation is 2. The SMILES string of the molecule is Cc1nc(C)nc(N2CC(O)CC2=O)n1. The summed E-state index contributed by atoms with van der Waals surface area (Å²) in [4.78, 5) is 25.0. The number of aliphatic hydroxyl groups is 1. The van der Waals surface area contributed by atoms with Gasteiger partial charge in [0.2, 0.25) is 11.9 Å². The number of rotatable bonds is 1. The van der Waals surface area contributed by atoms with Crippen LogP contribution in [0.2, 0.25) is 0 Å². The minimum Gasteiger partial charge on any atom is -0.391 e. The highest BCUT2D eigenvalue weighted by atomic mass is 16.3. The fraction of sp³-hybridized carbons (Fsp3) is 0.556. The van der Waals surface area contributed by atoms with Crippen LogP contribution in [0.4, 0.5) is 5.95 Å². The normalized spacial score (nSPS) is 21.1. The zero-order chi connectivity index (χ0) is 11.0. The molecule has 0 saturated carbocycles. The molecule has 0 spiro atoms. The fourth-order valence-electron chi connectivity index (χ4n) is 1.60. The van der Waals surface area contributed by atoms with Gasteiger partial charge in [0.15, 0.2) is 0 Å². The molecule has 1 unspecified atom stereocenters. The number of aromatic nitrogens is 3. The van der Waals surface area contributed by atoms with E-state index in [2.05, 4.69) is 15.0 Å². The minimum absolute atomic E-state index is 0.143. The van der Waals surface area contributed by atoms with Crippen LogP contribution in [-0.2, 0) is 4.79 Å². The first-order chi connectivity index (χ1) is 7.06. The average Bonchev–Trinajstić information content (AvgIpc) is 2.43. The second-order valence-electron chi connectivity index (χ2n) is 3.59. The number of aliphatic hydroxyl groups excluding tert-OH is 1. The number of hydrogen-bond donors (Lipinski definition) is 1. The van der Waals surface area contributed by atoms with Crippen molar-refractivity contribution in [3.63, 3.8) is 0 Å². The van der Waals surface area contributed by atoms with E-state index >= 15 is 0 Å². The van der Waals surface area contributed by atoms with E-state index in [0.29, 0.717) is 17.6 Å². The molecular weight excluding hydrogens is 196 g/mol. The third-order valence-electron chi connectivity index (χ3n) is 2.19. The number of hydrogen-bond acceptors (Lipinski definition) is 5. The van der Waals surface area contributed by atoms with E-state index in [1.807, 2.05) is 0 Å². The Bertz CT molecular complexity index is 387. The van der Waals surface area contributed by atoms with Crippen molar-refractivity contribution < 1.29 is 9.90 Å². The zero-order valence-electron chi connectivity index (χ0n) is 8.64. The number of carbonyl (C=O) groups excluding carboxylic acids is 1. The van der Waals surface area contributed by atoms with Crippen molar-refractivity contribution in [3.8, 4) is 0 Å².